The fraction of sp³-hybridized carbons (Fsp3) is 0.583. The summed E-state index contributed by atoms with van der Waals surface area (Å²) in [7, 11) is 0. The van der Waals surface area contributed by atoms with Crippen molar-refractivity contribution in [2.45, 2.75) is 32.0 Å². The van der Waals surface area contributed by atoms with Crippen molar-refractivity contribution < 1.29 is 13.9 Å². The van der Waals surface area contributed by atoms with Gasteiger partial charge in [0.2, 0.25) is 0 Å². The van der Waals surface area contributed by atoms with E-state index in [2.05, 4.69) is 5.32 Å². The normalized spacial score (nSPS) is 19.8. The number of nitrogens with zero attached hydrogens (tertiary/aromatic N) is 1. The third-order valence-corrected chi connectivity index (χ3v) is 3.05. The quantitative estimate of drug-likeness (QED) is 0.841. The van der Waals surface area contributed by atoms with Crippen LogP contribution in [-0.2, 0) is 17.8 Å². The van der Waals surface area contributed by atoms with Crippen LogP contribution in [0.5, 0.6) is 0 Å². The predicted molar refractivity (Wildman–Crippen MR) is 60.3 cm³/mol. The molecule has 1 aliphatic heterocycles. The Morgan fingerprint density at radius 1 is 1.35 bits per heavy atom. The van der Waals surface area contributed by atoms with Crippen LogP contribution in [0.1, 0.15) is 24.4 Å². The Kier molecular flexibility index (Phi) is 2.76. The topological polar surface area (TPSA) is 54.7 Å². The standard InChI is InChI=1S/C12H16N2O3/c15-12-14(5-6-16-12)8-11-4-3-10(17-11)7-13-9-1-2-9/h3-4,9,13H,1-2,5-8H2. The van der Waals surface area contributed by atoms with E-state index in [-0.39, 0.29) is 6.09 Å². The summed E-state index contributed by atoms with van der Waals surface area (Å²) >= 11 is 0. The van der Waals surface area contributed by atoms with Gasteiger partial charge in [-0.05, 0) is 25.0 Å². The Balaban J connectivity index is 1.53. The third-order valence-electron chi connectivity index (χ3n) is 3.05. The Morgan fingerprint density at radius 3 is 2.88 bits per heavy atom. The van der Waals surface area contributed by atoms with Gasteiger partial charge in [-0.2, -0.15) is 0 Å². The molecule has 0 spiro atoms. The summed E-state index contributed by atoms with van der Waals surface area (Å²) in [5, 5.41) is 3.39. The minimum absolute atomic E-state index is 0.251. The molecule has 0 atom stereocenters. The second-order valence-corrected chi connectivity index (χ2v) is 4.56. The van der Waals surface area contributed by atoms with Crippen molar-refractivity contribution in [3.8, 4) is 0 Å². The number of rotatable bonds is 5. The van der Waals surface area contributed by atoms with E-state index in [9.17, 15) is 4.79 Å². The van der Waals surface area contributed by atoms with Gasteiger partial charge in [-0.25, -0.2) is 4.79 Å². The summed E-state index contributed by atoms with van der Waals surface area (Å²) in [6.07, 6.45) is 2.29. The number of cyclic esters (lactones) is 1. The second kappa shape index (κ2) is 4.41. The lowest BCUT2D eigenvalue weighted by Gasteiger charge is -2.09. The zero-order valence-electron chi connectivity index (χ0n) is 9.65. The molecule has 5 nitrogen and oxygen atoms in total. The van der Waals surface area contributed by atoms with E-state index in [0.717, 1.165) is 18.1 Å². The first-order chi connectivity index (χ1) is 8.31. The molecule has 92 valence electrons. The minimum atomic E-state index is -0.251. The Labute approximate surface area is 99.7 Å². The van der Waals surface area contributed by atoms with E-state index in [1.165, 1.54) is 12.8 Å². The van der Waals surface area contributed by atoms with E-state index in [1.54, 1.807) is 4.90 Å². The smallest absolute Gasteiger partial charge is 0.410 e. The van der Waals surface area contributed by atoms with Gasteiger partial charge in [0.25, 0.3) is 0 Å². The van der Waals surface area contributed by atoms with Crippen molar-refractivity contribution in [1.82, 2.24) is 10.2 Å². The highest BCUT2D eigenvalue weighted by Crippen LogP contribution is 2.20. The molecule has 1 N–H and O–H groups in total. The molecule has 1 saturated heterocycles. The molecule has 1 saturated carbocycles. The zero-order chi connectivity index (χ0) is 11.7. The lowest BCUT2D eigenvalue weighted by molar-refractivity contribution is 0.155. The summed E-state index contributed by atoms with van der Waals surface area (Å²) < 4.78 is 10.5. The minimum Gasteiger partial charge on any atom is -0.463 e. The molecular formula is C12H16N2O3. The molecule has 2 aliphatic rings. The van der Waals surface area contributed by atoms with Gasteiger partial charge >= 0.3 is 6.09 Å². The molecule has 3 rings (SSSR count). The molecule has 0 radical (unpaired) electrons. The number of hydrogen-bond donors (Lipinski definition) is 1. The van der Waals surface area contributed by atoms with Gasteiger partial charge in [0.05, 0.1) is 19.6 Å². The molecule has 0 unspecified atom stereocenters. The summed E-state index contributed by atoms with van der Waals surface area (Å²) in [5.74, 6) is 1.75. The summed E-state index contributed by atoms with van der Waals surface area (Å²) in [4.78, 5) is 12.9. The number of amides is 1. The molecule has 1 aromatic rings. The van der Waals surface area contributed by atoms with Gasteiger partial charge in [-0.15, -0.1) is 0 Å². The molecule has 0 bridgehead atoms. The Bertz CT molecular complexity index is 412. The molecule has 17 heavy (non-hydrogen) atoms. The number of hydrogen-bond acceptors (Lipinski definition) is 4. The van der Waals surface area contributed by atoms with Gasteiger partial charge in [0, 0.05) is 6.04 Å². The molecule has 2 heterocycles. The first-order valence-corrected chi connectivity index (χ1v) is 6.04. The lowest BCUT2D eigenvalue weighted by Crippen LogP contribution is -2.23. The maximum absolute atomic E-state index is 11.3. The van der Waals surface area contributed by atoms with Crippen molar-refractivity contribution in [2.24, 2.45) is 0 Å². The number of carbonyl (C=O) groups excluding carboxylic acids is 1. The Hall–Kier alpha value is -1.49. The fourth-order valence-electron chi connectivity index (χ4n) is 1.89. The monoisotopic (exact) mass is 236 g/mol. The number of nitrogens with one attached hydrogen (secondary N) is 1. The van der Waals surface area contributed by atoms with E-state index >= 15 is 0 Å². The predicted octanol–water partition coefficient (Wildman–Crippen LogP) is 1.48. The molecule has 1 amide bonds. The van der Waals surface area contributed by atoms with Crippen LogP contribution in [0.25, 0.3) is 0 Å². The first kappa shape index (κ1) is 10.7. The third kappa shape index (κ3) is 2.61. The summed E-state index contributed by atoms with van der Waals surface area (Å²) in [6, 6.07) is 4.57. The molecular weight excluding hydrogens is 220 g/mol. The number of furan rings is 1. The van der Waals surface area contributed by atoms with Crippen LogP contribution < -0.4 is 5.32 Å². The van der Waals surface area contributed by atoms with E-state index < -0.39 is 0 Å². The van der Waals surface area contributed by atoms with Crippen LogP contribution in [0.4, 0.5) is 4.79 Å². The van der Waals surface area contributed by atoms with Crippen LogP contribution in [0.3, 0.4) is 0 Å². The van der Waals surface area contributed by atoms with Crippen LogP contribution >= 0.6 is 0 Å². The van der Waals surface area contributed by atoms with Crippen molar-refractivity contribution >= 4 is 6.09 Å². The van der Waals surface area contributed by atoms with Crippen molar-refractivity contribution in [2.75, 3.05) is 13.2 Å². The van der Waals surface area contributed by atoms with Crippen LogP contribution in [-0.4, -0.2) is 30.2 Å². The average molecular weight is 236 g/mol. The van der Waals surface area contributed by atoms with Gasteiger partial charge < -0.3 is 14.5 Å². The van der Waals surface area contributed by atoms with Crippen LogP contribution in [0.2, 0.25) is 0 Å². The van der Waals surface area contributed by atoms with Crippen molar-refractivity contribution in [3.63, 3.8) is 0 Å². The molecule has 2 fully saturated rings. The summed E-state index contributed by atoms with van der Waals surface area (Å²) in [5.41, 5.74) is 0. The highest BCUT2D eigenvalue weighted by atomic mass is 16.6. The molecule has 1 aromatic heterocycles. The molecule has 1 aliphatic carbocycles. The Morgan fingerprint density at radius 2 is 2.18 bits per heavy atom. The van der Waals surface area contributed by atoms with Gasteiger partial charge in [-0.1, -0.05) is 0 Å². The number of carbonyl (C=O) groups is 1. The summed E-state index contributed by atoms with van der Waals surface area (Å²) in [6.45, 7) is 2.40. The average Bonchev–Trinajstić information content (AvgIpc) is 2.92. The fourth-order valence-corrected chi connectivity index (χ4v) is 1.89. The van der Waals surface area contributed by atoms with Gasteiger partial charge in [-0.3, -0.25) is 4.90 Å². The highest BCUT2D eigenvalue weighted by molar-refractivity contribution is 5.69. The highest BCUT2D eigenvalue weighted by Gasteiger charge is 2.23. The van der Waals surface area contributed by atoms with Crippen LogP contribution in [0.15, 0.2) is 16.5 Å². The van der Waals surface area contributed by atoms with Gasteiger partial charge in [0.15, 0.2) is 0 Å². The first-order valence-electron chi connectivity index (χ1n) is 6.04. The van der Waals surface area contributed by atoms with E-state index in [0.29, 0.717) is 25.7 Å². The zero-order valence-corrected chi connectivity index (χ0v) is 9.65. The SMILES string of the molecule is O=C1OCCN1Cc1ccc(CNC2CC2)o1. The van der Waals surface area contributed by atoms with Crippen LogP contribution in [0, 0.1) is 0 Å². The van der Waals surface area contributed by atoms with Crippen molar-refractivity contribution in [1.29, 1.82) is 0 Å². The lowest BCUT2D eigenvalue weighted by atomic mass is 10.4. The maximum Gasteiger partial charge on any atom is 0.410 e. The van der Waals surface area contributed by atoms with E-state index in [1.807, 2.05) is 12.1 Å². The molecule has 5 heteroatoms. The maximum atomic E-state index is 11.3. The largest absolute Gasteiger partial charge is 0.463 e. The van der Waals surface area contributed by atoms with E-state index in [4.69, 9.17) is 9.15 Å². The number of ether oxygens (including phenoxy) is 1. The van der Waals surface area contributed by atoms with Gasteiger partial charge in [0.1, 0.15) is 18.1 Å². The molecule has 0 aromatic carbocycles. The van der Waals surface area contributed by atoms with Crippen molar-refractivity contribution in [3.05, 3.63) is 23.7 Å². The second-order valence-electron chi connectivity index (χ2n) is 4.56.